The van der Waals surface area contributed by atoms with Crippen LogP contribution in [0.25, 0.3) is 0 Å². The van der Waals surface area contributed by atoms with Crippen LogP contribution in [0.1, 0.15) is 12.8 Å². The quantitative estimate of drug-likeness (QED) is 0.872. The zero-order valence-corrected chi connectivity index (χ0v) is 13.3. The van der Waals surface area contributed by atoms with Gasteiger partial charge in [0.15, 0.2) is 11.5 Å². The number of hydrogen-bond acceptors (Lipinski definition) is 5. The second-order valence-electron chi connectivity index (χ2n) is 5.03. The molecule has 0 bridgehead atoms. The molecule has 0 atom stereocenters. The highest BCUT2D eigenvalue weighted by Crippen LogP contribution is 2.31. The van der Waals surface area contributed by atoms with Gasteiger partial charge in [0, 0.05) is 19.2 Å². The number of piperidine rings is 1. The Morgan fingerprint density at radius 2 is 1.77 bits per heavy atom. The standard InChI is InChI=1S/C14H19NO6S/c1-20-12-4-3-11(9-13(12)21-2)22(18,19)15-7-5-10(6-8-15)14(16)17/h3-4,9-10H,5-8H2,1-2H3,(H,16,17). The molecule has 0 spiro atoms. The molecule has 1 heterocycles. The van der Waals surface area contributed by atoms with Crippen LogP contribution in [-0.2, 0) is 14.8 Å². The molecular formula is C14H19NO6S. The predicted octanol–water partition coefficient (Wildman–Crippen LogP) is 1.19. The number of carboxylic acid groups (broad SMARTS) is 1. The van der Waals surface area contributed by atoms with Gasteiger partial charge in [-0.3, -0.25) is 4.79 Å². The molecule has 7 nitrogen and oxygen atoms in total. The van der Waals surface area contributed by atoms with E-state index in [0.29, 0.717) is 24.3 Å². The summed E-state index contributed by atoms with van der Waals surface area (Å²) in [5.41, 5.74) is 0. The fourth-order valence-electron chi connectivity index (χ4n) is 2.47. The summed E-state index contributed by atoms with van der Waals surface area (Å²) < 4.78 is 36.8. The molecule has 0 aliphatic carbocycles. The van der Waals surface area contributed by atoms with Crippen LogP contribution in [0.15, 0.2) is 23.1 Å². The molecule has 1 aromatic rings. The molecule has 1 aromatic carbocycles. The average Bonchev–Trinajstić information content (AvgIpc) is 2.54. The summed E-state index contributed by atoms with van der Waals surface area (Å²) >= 11 is 0. The molecule has 0 saturated carbocycles. The van der Waals surface area contributed by atoms with E-state index in [1.807, 2.05) is 0 Å². The van der Waals surface area contributed by atoms with E-state index < -0.39 is 21.9 Å². The van der Waals surface area contributed by atoms with E-state index in [-0.39, 0.29) is 18.0 Å². The highest BCUT2D eigenvalue weighted by molar-refractivity contribution is 7.89. The van der Waals surface area contributed by atoms with E-state index >= 15 is 0 Å². The summed E-state index contributed by atoms with van der Waals surface area (Å²) in [5.74, 6) is -0.560. The third kappa shape index (κ3) is 3.17. The Labute approximate surface area is 129 Å². The number of nitrogens with zero attached hydrogens (tertiary/aromatic N) is 1. The molecule has 1 saturated heterocycles. The summed E-state index contributed by atoms with van der Waals surface area (Å²) in [6.07, 6.45) is 0.643. The van der Waals surface area contributed by atoms with E-state index in [9.17, 15) is 13.2 Å². The van der Waals surface area contributed by atoms with Crippen LogP contribution in [0.4, 0.5) is 0 Å². The molecule has 0 unspecified atom stereocenters. The number of hydrogen-bond donors (Lipinski definition) is 1. The number of methoxy groups -OCH3 is 2. The minimum atomic E-state index is -3.66. The van der Waals surface area contributed by atoms with Crippen molar-refractivity contribution >= 4 is 16.0 Å². The number of carboxylic acids is 1. The topological polar surface area (TPSA) is 93.1 Å². The molecule has 22 heavy (non-hydrogen) atoms. The van der Waals surface area contributed by atoms with Crippen molar-refractivity contribution in [1.29, 1.82) is 0 Å². The van der Waals surface area contributed by atoms with Gasteiger partial charge in [0.2, 0.25) is 10.0 Å². The molecule has 1 fully saturated rings. The van der Waals surface area contributed by atoms with Crippen LogP contribution in [0, 0.1) is 5.92 Å². The number of carbonyl (C=O) groups is 1. The number of sulfonamides is 1. The Bertz CT molecular complexity index is 649. The van der Waals surface area contributed by atoms with Gasteiger partial charge in [-0.15, -0.1) is 0 Å². The minimum absolute atomic E-state index is 0.110. The van der Waals surface area contributed by atoms with Gasteiger partial charge in [0.1, 0.15) is 0 Å². The Kier molecular flexibility index (Phi) is 4.92. The van der Waals surface area contributed by atoms with Crippen molar-refractivity contribution in [3.05, 3.63) is 18.2 Å². The molecule has 1 aliphatic heterocycles. The van der Waals surface area contributed by atoms with Gasteiger partial charge in [-0.1, -0.05) is 0 Å². The van der Waals surface area contributed by atoms with Gasteiger partial charge < -0.3 is 14.6 Å². The van der Waals surface area contributed by atoms with Crippen molar-refractivity contribution < 1.29 is 27.8 Å². The fourth-order valence-corrected chi connectivity index (χ4v) is 3.95. The van der Waals surface area contributed by atoms with Gasteiger partial charge in [0.05, 0.1) is 25.0 Å². The van der Waals surface area contributed by atoms with Crippen molar-refractivity contribution in [2.45, 2.75) is 17.7 Å². The smallest absolute Gasteiger partial charge is 0.306 e. The maximum atomic E-state index is 12.6. The summed E-state index contributed by atoms with van der Waals surface area (Å²) in [7, 11) is -0.752. The number of aliphatic carboxylic acids is 1. The Morgan fingerprint density at radius 3 is 2.27 bits per heavy atom. The third-order valence-electron chi connectivity index (χ3n) is 3.80. The maximum Gasteiger partial charge on any atom is 0.306 e. The lowest BCUT2D eigenvalue weighted by molar-refractivity contribution is -0.142. The predicted molar refractivity (Wildman–Crippen MR) is 78.7 cm³/mol. The summed E-state index contributed by atoms with van der Waals surface area (Å²) in [5, 5.41) is 8.97. The van der Waals surface area contributed by atoms with Crippen molar-refractivity contribution in [2.24, 2.45) is 5.92 Å². The van der Waals surface area contributed by atoms with E-state index in [4.69, 9.17) is 14.6 Å². The monoisotopic (exact) mass is 329 g/mol. The minimum Gasteiger partial charge on any atom is -0.493 e. The molecule has 0 radical (unpaired) electrons. The molecular weight excluding hydrogens is 310 g/mol. The second kappa shape index (κ2) is 6.53. The van der Waals surface area contributed by atoms with Gasteiger partial charge in [0.25, 0.3) is 0 Å². The lowest BCUT2D eigenvalue weighted by atomic mass is 9.99. The first kappa shape index (κ1) is 16.6. The molecule has 1 N–H and O–H groups in total. The highest BCUT2D eigenvalue weighted by atomic mass is 32.2. The van der Waals surface area contributed by atoms with Crippen LogP contribution in [-0.4, -0.2) is 51.1 Å². The fraction of sp³-hybridized carbons (Fsp3) is 0.500. The van der Waals surface area contributed by atoms with Crippen LogP contribution >= 0.6 is 0 Å². The largest absolute Gasteiger partial charge is 0.493 e. The Morgan fingerprint density at radius 1 is 1.18 bits per heavy atom. The van der Waals surface area contributed by atoms with Crippen molar-refractivity contribution in [1.82, 2.24) is 4.31 Å². The SMILES string of the molecule is COc1ccc(S(=O)(=O)N2CCC(C(=O)O)CC2)cc1OC. The molecule has 0 amide bonds. The Balaban J connectivity index is 2.22. The van der Waals surface area contributed by atoms with Crippen LogP contribution in [0.5, 0.6) is 11.5 Å². The van der Waals surface area contributed by atoms with Crippen molar-refractivity contribution in [3.63, 3.8) is 0 Å². The molecule has 2 rings (SSSR count). The number of benzene rings is 1. The van der Waals surface area contributed by atoms with Crippen LogP contribution in [0.3, 0.4) is 0 Å². The molecule has 122 valence electrons. The molecule has 1 aliphatic rings. The first-order valence-corrected chi connectivity index (χ1v) is 8.29. The molecule has 0 aromatic heterocycles. The van der Waals surface area contributed by atoms with Crippen molar-refractivity contribution in [2.75, 3.05) is 27.3 Å². The maximum absolute atomic E-state index is 12.6. The van der Waals surface area contributed by atoms with Gasteiger partial charge in [-0.05, 0) is 25.0 Å². The third-order valence-corrected chi connectivity index (χ3v) is 5.69. The van der Waals surface area contributed by atoms with Gasteiger partial charge in [-0.25, -0.2) is 8.42 Å². The van der Waals surface area contributed by atoms with E-state index in [1.54, 1.807) is 0 Å². The molecule has 8 heteroatoms. The number of ether oxygens (including phenoxy) is 2. The summed E-state index contributed by atoms with van der Waals surface area (Å²) in [4.78, 5) is 11.0. The van der Waals surface area contributed by atoms with Crippen LogP contribution < -0.4 is 9.47 Å². The summed E-state index contributed by atoms with van der Waals surface area (Å²) in [6.45, 7) is 0.404. The normalized spacial score (nSPS) is 17.2. The van der Waals surface area contributed by atoms with Gasteiger partial charge in [-0.2, -0.15) is 4.31 Å². The Hall–Kier alpha value is -1.80. The van der Waals surface area contributed by atoms with Crippen molar-refractivity contribution in [3.8, 4) is 11.5 Å². The average molecular weight is 329 g/mol. The second-order valence-corrected chi connectivity index (χ2v) is 6.97. The highest BCUT2D eigenvalue weighted by Gasteiger charge is 2.32. The van der Waals surface area contributed by atoms with Gasteiger partial charge >= 0.3 is 5.97 Å². The zero-order chi connectivity index (χ0) is 16.3. The summed E-state index contributed by atoms with van der Waals surface area (Å²) in [6, 6.07) is 4.41. The first-order chi connectivity index (χ1) is 10.4. The number of rotatable bonds is 5. The van der Waals surface area contributed by atoms with E-state index in [2.05, 4.69) is 0 Å². The van der Waals surface area contributed by atoms with E-state index in [0.717, 1.165) is 0 Å². The van der Waals surface area contributed by atoms with E-state index in [1.165, 1.54) is 36.7 Å². The first-order valence-electron chi connectivity index (χ1n) is 6.85. The zero-order valence-electron chi connectivity index (χ0n) is 12.5. The lowest BCUT2D eigenvalue weighted by Crippen LogP contribution is -2.40. The lowest BCUT2D eigenvalue weighted by Gasteiger charge is -2.29. The van der Waals surface area contributed by atoms with Crippen LogP contribution in [0.2, 0.25) is 0 Å².